The van der Waals surface area contributed by atoms with E-state index < -0.39 is 9.84 Å². The summed E-state index contributed by atoms with van der Waals surface area (Å²) < 4.78 is 23.1. The molecule has 102 valence electrons. The van der Waals surface area contributed by atoms with Gasteiger partial charge in [-0.15, -0.1) is 0 Å². The van der Waals surface area contributed by atoms with Crippen LogP contribution in [0.1, 0.15) is 51.9 Å². The second-order valence-electron chi connectivity index (χ2n) is 5.46. The molecule has 0 aromatic carbocycles. The summed E-state index contributed by atoms with van der Waals surface area (Å²) in [5.74, 6) is 0.617. The minimum Gasteiger partial charge on any atom is -0.317 e. The highest BCUT2D eigenvalue weighted by atomic mass is 32.2. The van der Waals surface area contributed by atoms with E-state index in [0.717, 1.165) is 25.7 Å². The lowest BCUT2D eigenvalue weighted by Crippen LogP contribution is -2.29. The Morgan fingerprint density at radius 1 is 1.35 bits per heavy atom. The molecule has 1 fully saturated rings. The Morgan fingerprint density at radius 2 is 2.06 bits per heavy atom. The van der Waals surface area contributed by atoms with E-state index in [0.29, 0.717) is 12.0 Å². The van der Waals surface area contributed by atoms with Crippen LogP contribution in [0.5, 0.6) is 0 Å². The zero-order valence-electron chi connectivity index (χ0n) is 11.4. The van der Waals surface area contributed by atoms with Crippen molar-refractivity contribution in [3.05, 3.63) is 0 Å². The van der Waals surface area contributed by atoms with Gasteiger partial charge in [0, 0.05) is 12.3 Å². The summed E-state index contributed by atoms with van der Waals surface area (Å²) in [5, 5.41) is 3.24. The molecular weight excluding hydrogens is 234 g/mol. The fourth-order valence-electron chi connectivity index (χ4n) is 2.88. The fraction of sp³-hybridized carbons (Fsp3) is 1.00. The monoisotopic (exact) mass is 261 g/mol. The van der Waals surface area contributed by atoms with Crippen molar-refractivity contribution in [2.75, 3.05) is 13.3 Å². The Balaban J connectivity index is 2.40. The third-order valence-electron chi connectivity index (χ3n) is 4.16. The third kappa shape index (κ3) is 4.96. The van der Waals surface area contributed by atoms with Gasteiger partial charge in [0.25, 0.3) is 0 Å². The van der Waals surface area contributed by atoms with Crippen LogP contribution in [-0.4, -0.2) is 33.0 Å². The molecule has 0 bridgehead atoms. The first-order valence-corrected chi connectivity index (χ1v) is 8.79. The predicted octanol–water partition coefficient (Wildman–Crippen LogP) is 2.37. The van der Waals surface area contributed by atoms with Crippen LogP contribution in [0.3, 0.4) is 0 Å². The van der Waals surface area contributed by atoms with E-state index in [4.69, 9.17) is 0 Å². The van der Waals surface area contributed by atoms with Gasteiger partial charge in [-0.2, -0.15) is 0 Å². The maximum absolute atomic E-state index is 11.6. The summed E-state index contributed by atoms with van der Waals surface area (Å²) in [6.07, 6.45) is 8.95. The molecule has 0 spiro atoms. The zero-order valence-corrected chi connectivity index (χ0v) is 12.2. The van der Waals surface area contributed by atoms with Crippen LogP contribution in [0, 0.1) is 5.92 Å². The molecule has 0 radical (unpaired) electrons. The van der Waals surface area contributed by atoms with Gasteiger partial charge in [0.05, 0.1) is 5.25 Å². The average molecular weight is 261 g/mol. The van der Waals surface area contributed by atoms with Gasteiger partial charge in [-0.25, -0.2) is 8.42 Å². The molecule has 0 aliphatic heterocycles. The Morgan fingerprint density at radius 3 is 2.59 bits per heavy atom. The fourth-order valence-corrected chi connectivity index (χ4v) is 4.10. The number of hydrogen-bond donors (Lipinski definition) is 1. The quantitative estimate of drug-likeness (QED) is 0.798. The predicted molar refractivity (Wildman–Crippen MR) is 73.0 cm³/mol. The van der Waals surface area contributed by atoms with Crippen LogP contribution in [-0.2, 0) is 9.84 Å². The Bertz CT molecular complexity index is 309. The highest BCUT2D eigenvalue weighted by Crippen LogP contribution is 2.31. The van der Waals surface area contributed by atoms with Crippen LogP contribution in [0.4, 0.5) is 0 Å². The molecule has 0 amide bonds. The molecule has 3 atom stereocenters. The lowest BCUT2D eigenvalue weighted by atomic mass is 9.84. The van der Waals surface area contributed by atoms with E-state index in [-0.39, 0.29) is 5.25 Å². The van der Waals surface area contributed by atoms with Gasteiger partial charge in [0.15, 0.2) is 0 Å². The highest BCUT2D eigenvalue weighted by molar-refractivity contribution is 7.91. The molecule has 17 heavy (non-hydrogen) atoms. The maximum Gasteiger partial charge on any atom is 0.150 e. The molecule has 0 aromatic heterocycles. The average Bonchev–Trinajstić information content (AvgIpc) is 2.30. The van der Waals surface area contributed by atoms with Crippen molar-refractivity contribution in [1.82, 2.24) is 5.32 Å². The lowest BCUT2D eigenvalue weighted by Gasteiger charge is -2.29. The smallest absolute Gasteiger partial charge is 0.150 e. The van der Waals surface area contributed by atoms with Crippen molar-refractivity contribution in [2.45, 2.75) is 63.2 Å². The van der Waals surface area contributed by atoms with E-state index in [1.807, 2.05) is 7.05 Å². The number of sulfone groups is 1. The van der Waals surface area contributed by atoms with Crippen LogP contribution in [0.15, 0.2) is 0 Å². The Kier molecular flexibility index (Phi) is 5.93. The molecule has 3 nitrogen and oxygen atoms in total. The summed E-state index contributed by atoms with van der Waals surface area (Å²) in [6, 6.07) is 0.591. The van der Waals surface area contributed by atoms with E-state index in [2.05, 4.69) is 12.2 Å². The summed E-state index contributed by atoms with van der Waals surface area (Å²) in [6.45, 7) is 2.20. The summed E-state index contributed by atoms with van der Waals surface area (Å²) in [7, 11) is -0.816. The van der Waals surface area contributed by atoms with Crippen molar-refractivity contribution >= 4 is 9.84 Å². The lowest BCUT2D eigenvalue weighted by molar-refractivity contribution is 0.315. The van der Waals surface area contributed by atoms with Crippen LogP contribution in [0.25, 0.3) is 0 Å². The molecule has 0 saturated heterocycles. The molecule has 1 rings (SSSR count). The molecule has 4 heteroatoms. The minimum absolute atomic E-state index is 0.0732. The van der Waals surface area contributed by atoms with Gasteiger partial charge in [-0.05, 0) is 45.1 Å². The number of nitrogens with one attached hydrogen (secondary N) is 1. The van der Waals surface area contributed by atoms with E-state index in [1.165, 1.54) is 25.5 Å². The van der Waals surface area contributed by atoms with Crippen LogP contribution < -0.4 is 5.32 Å². The normalized spacial score (nSPS) is 27.9. The highest BCUT2D eigenvalue weighted by Gasteiger charge is 2.28. The minimum atomic E-state index is -2.82. The number of hydrogen-bond acceptors (Lipinski definition) is 3. The molecule has 1 N–H and O–H groups in total. The third-order valence-corrected chi connectivity index (χ3v) is 5.80. The standard InChI is InChI=1S/C13H27NO2S/c1-4-12(14-2)9-8-11-6-5-7-13(10-11)17(3,15)16/h11-14H,4-10H2,1-3H3. The van der Waals surface area contributed by atoms with Crippen LogP contribution >= 0.6 is 0 Å². The summed E-state index contributed by atoms with van der Waals surface area (Å²) in [4.78, 5) is 0. The van der Waals surface area contributed by atoms with Gasteiger partial charge in [-0.3, -0.25) is 0 Å². The van der Waals surface area contributed by atoms with Gasteiger partial charge in [-0.1, -0.05) is 19.8 Å². The van der Waals surface area contributed by atoms with E-state index in [9.17, 15) is 8.42 Å². The van der Waals surface area contributed by atoms with Gasteiger partial charge in [0.2, 0.25) is 0 Å². The molecule has 0 heterocycles. The molecular formula is C13H27NO2S. The SMILES string of the molecule is CCC(CCC1CCCC(S(C)(=O)=O)C1)NC. The molecule has 1 aliphatic rings. The van der Waals surface area contributed by atoms with E-state index >= 15 is 0 Å². The molecule has 1 saturated carbocycles. The Labute approximate surface area is 106 Å². The van der Waals surface area contributed by atoms with E-state index in [1.54, 1.807) is 0 Å². The van der Waals surface area contributed by atoms with Crippen molar-refractivity contribution in [2.24, 2.45) is 5.92 Å². The van der Waals surface area contributed by atoms with Gasteiger partial charge >= 0.3 is 0 Å². The van der Waals surface area contributed by atoms with Crippen LogP contribution in [0.2, 0.25) is 0 Å². The second kappa shape index (κ2) is 6.74. The summed E-state index contributed by atoms with van der Waals surface area (Å²) >= 11 is 0. The first-order valence-electron chi connectivity index (χ1n) is 6.83. The first-order chi connectivity index (χ1) is 7.97. The molecule has 0 aromatic rings. The largest absolute Gasteiger partial charge is 0.317 e. The molecule has 3 unspecified atom stereocenters. The Hall–Kier alpha value is -0.0900. The van der Waals surface area contributed by atoms with Gasteiger partial charge < -0.3 is 5.32 Å². The first kappa shape index (κ1) is 15.0. The zero-order chi connectivity index (χ0) is 12.9. The maximum atomic E-state index is 11.6. The summed E-state index contributed by atoms with van der Waals surface area (Å²) in [5.41, 5.74) is 0. The van der Waals surface area contributed by atoms with Crippen molar-refractivity contribution < 1.29 is 8.42 Å². The van der Waals surface area contributed by atoms with Crippen molar-refractivity contribution in [3.63, 3.8) is 0 Å². The van der Waals surface area contributed by atoms with Crippen molar-refractivity contribution in [1.29, 1.82) is 0 Å². The van der Waals surface area contributed by atoms with Crippen molar-refractivity contribution in [3.8, 4) is 0 Å². The van der Waals surface area contributed by atoms with Gasteiger partial charge in [0.1, 0.15) is 9.84 Å². The number of rotatable bonds is 6. The molecule has 1 aliphatic carbocycles. The second-order valence-corrected chi connectivity index (χ2v) is 7.78. The topological polar surface area (TPSA) is 46.2 Å².